The highest BCUT2D eigenvalue weighted by molar-refractivity contribution is 7.84. The van der Waals surface area contributed by atoms with E-state index in [4.69, 9.17) is 5.11 Å². The number of hydrogen-bond donors (Lipinski definition) is 2. The van der Waals surface area contributed by atoms with Crippen LogP contribution in [0.4, 0.5) is 0 Å². The van der Waals surface area contributed by atoms with Gasteiger partial charge in [-0.1, -0.05) is 0 Å². The number of amides is 1. The lowest BCUT2D eigenvalue weighted by Crippen LogP contribution is -2.34. The van der Waals surface area contributed by atoms with Crippen molar-refractivity contribution in [3.8, 4) is 0 Å². The zero-order chi connectivity index (χ0) is 13.7. The summed E-state index contributed by atoms with van der Waals surface area (Å²) in [7, 11) is -1.00. The number of nitrogens with zero attached hydrogens (tertiary/aromatic N) is 1. The second kappa shape index (κ2) is 6.34. The van der Waals surface area contributed by atoms with E-state index >= 15 is 0 Å². The third-order valence-electron chi connectivity index (χ3n) is 2.48. The SMILES string of the molecule is CC(CNC(=O)c1cccn1CC(=O)O)S(C)=O. The molecule has 1 rings (SSSR count). The molecule has 0 aliphatic rings. The van der Waals surface area contributed by atoms with Gasteiger partial charge in [-0.3, -0.25) is 13.8 Å². The summed E-state index contributed by atoms with van der Waals surface area (Å²) in [6.45, 7) is 1.80. The van der Waals surface area contributed by atoms with Gasteiger partial charge in [-0.2, -0.15) is 0 Å². The molecule has 7 heteroatoms. The molecule has 0 fully saturated rings. The van der Waals surface area contributed by atoms with Crippen molar-refractivity contribution in [3.63, 3.8) is 0 Å². The summed E-state index contributed by atoms with van der Waals surface area (Å²) >= 11 is 0. The lowest BCUT2D eigenvalue weighted by Gasteiger charge is -2.11. The molecule has 1 heterocycles. The van der Waals surface area contributed by atoms with E-state index < -0.39 is 16.8 Å². The van der Waals surface area contributed by atoms with E-state index in [0.29, 0.717) is 6.54 Å². The predicted molar refractivity (Wildman–Crippen MR) is 67.9 cm³/mol. The van der Waals surface area contributed by atoms with E-state index in [9.17, 15) is 13.8 Å². The molecule has 0 spiro atoms. The van der Waals surface area contributed by atoms with Crippen LogP contribution in [0.25, 0.3) is 0 Å². The fourth-order valence-electron chi connectivity index (χ4n) is 1.35. The number of nitrogens with one attached hydrogen (secondary N) is 1. The Morgan fingerprint density at radius 2 is 2.22 bits per heavy atom. The van der Waals surface area contributed by atoms with Gasteiger partial charge in [0.25, 0.3) is 5.91 Å². The average molecular weight is 272 g/mol. The number of aromatic nitrogens is 1. The van der Waals surface area contributed by atoms with E-state index in [1.165, 1.54) is 10.8 Å². The molecule has 0 radical (unpaired) electrons. The van der Waals surface area contributed by atoms with E-state index in [2.05, 4.69) is 5.32 Å². The highest BCUT2D eigenvalue weighted by atomic mass is 32.2. The molecule has 2 atom stereocenters. The van der Waals surface area contributed by atoms with Crippen molar-refractivity contribution in [1.82, 2.24) is 9.88 Å². The Morgan fingerprint density at radius 3 is 2.78 bits per heavy atom. The van der Waals surface area contributed by atoms with Gasteiger partial charge in [-0.15, -0.1) is 0 Å². The van der Waals surface area contributed by atoms with Crippen LogP contribution < -0.4 is 5.32 Å². The molecule has 18 heavy (non-hydrogen) atoms. The molecule has 2 N–H and O–H groups in total. The summed E-state index contributed by atoms with van der Waals surface area (Å²) in [5.74, 6) is -1.37. The monoisotopic (exact) mass is 272 g/mol. The van der Waals surface area contributed by atoms with Crippen LogP contribution in [0.15, 0.2) is 18.3 Å². The lowest BCUT2D eigenvalue weighted by molar-refractivity contribution is -0.137. The minimum Gasteiger partial charge on any atom is -0.480 e. The maximum atomic E-state index is 11.8. The van der Waals surface area contributed by atoms with Gasteiger partial charge in [-0.25, -0.2) is 0 Å². The smallest absolute Gasteiger partial charge is 0.323 e. The molecule has 0 saturated heterocycles. The minimum atomic E-state index is -1.01. The Morgan fingerprint density at radius 1 is 1.56 bits per heavy atom. The fourth-order valence-corrected chi connectivity index (χ4v) is 1.67. The fraction of sp³-hybridized carbons (Fsp3) is 0.455. The van der Waals surface area contributed by atoms with Crippen molar-refractivity contribution < 1.29 is 18.9 Å². The first-order valence-corrected chi connectivity index (χ1v) is 7.01. The topological polar surface area (TPSA) is 88.4 Å². The Kier molecular flexibility index (Phi) is 5.08. The molecule has 6 nitrogen and oxygen atoms in total. The predicted octanol–water partition coefficient (Wildman–Crippen LogP) is 0.0695. The van der Waals surface area contributed by atoms with Crippen LogP contribution in [0, 0.1) is 0 Å². The van der Waals surface area contributed by atoms with Gasteiger partial charge < -0.3 is 15.0 Å². The van der Waals surface area contributed by atoms with Crippen LogP contribution in [0.1, 0.15) is 17.4 Å². The molecule has 0 bridgehead atoms. The molecule has 0 aliphatic carbocycles. The Hall–Kier alpha value is -1.63. The summed E-state index contributed by atoms with van der Waals surface area (Å²) < 4.78 is 12.5. The quantitative estimate of drug-likeness (QED) is 0.767. The van der Waals surface area contributed by atoms with Gasteiger partial charge in [0.05, 0.1) is 0 Å². The van der Waals surface area contributed by atoms with Gasteiger partial charge in [0, 0.05) is 35.0 Å². The van der Waals surface area contributed by atoms with E-state index in [0.717, 1.165) is 0 Å². The number of rotatable bonds is 6. The van der Waals surface area contributed by atoms with Gasteiger partial charge >= 0.3 is 5.97 Å². The van der Waals surface area contributed by atoms with Crippen LogP contribution in [-0.4, -0.2) is 43.8 Å². The molecular weight excluding hydrogens is 256 g/mol. The zero-order valence-electron chi connectivity index (χ0n) is 10.3. The zero-order valence-corrected chi connectivity index (χ0v) is 11.1. The van der Waals surface area contributed by atoms with Crippen molar-refractivity contribution in [2.24, 2.45) is 0 Å². The van der Waals surface area contributed by atoms with E-state index in [1.807, 2.05) is 0 Å². The van der Waals surface area contributed by atoms with Gasteiger partial charge in [0.1, 0.15) is 12.2 Å². The van der Waals surface area contributed by atoms with Crippen LogP contribution >= 0.6 is 0 Å². The molecule has 1 aromatic heterocycles. The summed E-state index contributed by atoms with van der Waals surface area (Å²) in [5.41, 5.74) is 0.284. The molecule has 0 aromatic carbocycles. The maximum Gasteiger partial charge on any atom is 0.323 e. The molecule has 0 saturated carbocycles. The first-order valence-electron chi connectivity index (χ1n) is 5.39. The van der Waals surface area contributed by atoms with Crippen molar-refractivity contribution in [2.75, 3.05) is 12.8 Å². The highest BCUT2D eigenvalue weighted by Gasteiger charge is 2.14. The normalized spacial score (nSPS) is 13.9. The number of carbonyl (C=O) groups is 2. The van der Waals surface area contributed by atoms with Crippen molar-refractivity contribution >= 4 is 22.7 Å². The second-order valence-electron chi connectivity index (χ2n) is 3.93. The van der Waals surface area contributed by atoms with Crippen LogP contribution in [0.3, 0.4) is 0 Å². The standard InChI is InChI=1S/C11H16N2O4S/c1-8(18(2)17)6-12-11(16)9-4-3-5-13(9)7-10(14)15/h3-5,8H,6-7H2,1-2H3,(H,12,16)(H,14,15). The maximum absolute atomic E-state index is 11.8. The third-order valence-corrected chi connectivity index (χ3v) is 3.78. The first-order chi connectivity index (χ1) is 8.41. The highest BCUT2D eigenvalue weighted by Crippen LogP contribution is 2.02. The minimum absolute atomic E-state index is 0.142. The summed E-state index contributed by atoms with van der Waals surface area (Å²) in [4.78, 5) is 22.4. The van der Waals surface area contributed by atoms with Crippen molar-refractivity contribution in [1.29, 1.82) is 0 Å². The summed E-state index contributed by atoms with van der Waals surface area (Å²) in [6.07, 6.45) is 3.11. The first kappa shape index (κ1) is 14.4. The second-order valence-corrected chi connectivity index (χ2v) is 5.74. The number of aliphatic carboxylic acids is 1. The van der Waals surface area contributed by atoms with Crippen LogP contribution in [0.5, 0.6) is 0 Å². The number of carboxylic acids is 1. The van der Waals surface area contributed by atoms with Gasteiger partial charge in [0.15, 0.2) is 0 Å². The Bertz CT molecular complexity index is 469. The molecular formula is C11H16N2O4S. The van der Waals surface area contributed by atoms with Gasteiger partial charge in [-0.05, 0) is 19.1 Å². The third kappa shape index (κ3) is 3.99. The van der Waals surface area contributed by atoms with Crippen molar-refractivity contribution in [3.05, 3.63) is 24.0 Å². The van der Waals surface area contributed by atoms with Crippen molar-refractivity contribution in [2.45, 2.75) is 18.7 Å². The molecule has 1 aromatic rings. The van der Waals surface area contributed by atoms with Crippen LogP contribution in [-0.2, 0) is 22.1 Å². The molecule has 1 amide bonds. The number of carboxylic acid groups (broad SMARTS) is 1. The summed E-state index contributed by atoms with van der Waals surface area (Å²) in [6, 6.07) is 3.16. The molecule has 100 valence electrons. The van der Waals surface area contributed by atoms with E-state index in [1.54, 1.807) is 25.3 Å². The van der Waals surface area contributed by atoms with E-state index in [-0.39, 0.29) is 23.4 Å². The Labute approximate surface area is 107 Å². The molecule has 0 aliphatic heterocycles. The average Bonchev–Trinajstić information content (AvgIpc) is 2.72. The van der Waals surface area contributed by atoms with Crippen LogP contribution in [0.2, 0.25) is 0 Å². The largest absolute Gasteiger partial charge is 0.480 e. The molecule has 2 unspecified atom stereocenters. The summed E-state index contributed by atoms with van der Waals surface area (Å²) in [5, 5.41) is 11.2. The number of hydrogen-bond acceptors (Lipinski definition) is 3. The lowest BCUT2D eigenvalue weighted by atomic mass is 10.3. The van der Waals surface area contributed by atoms with Gasteiger partial charge in [0.2, 0.25) is 0 Å². The number of carbonyl (C=O) groups excluding carboxylic acids is 1. The Balaban J connectivity index is 2.64.